The zero-order valence-electron chi connectivity index (χ0n) is 20.2. The average Bonchev–Trinajstić information content (AvgIpc) is 3.47. The van der Waals surface area contributed by atoms with Crippen molar-refractivity contribution in [1.82, 2.24) is 18.8 Å². The fraction of sp³-hybridized carbons (Fsp3) is 0.462. The van der Waals surface area contributed by atoms with Crippen molar-refractivity contribution < 1.29 is 13.2 Å². The summed E-state index contributed by atoms with van der Waals surface area (Å²) >= 11 is 0. The molecule has 8 nitrogen and oxygen atoms in total. The molecule has 3 aromatic rings. The molecule has 0 unspecified atom stereocenters. The minimum absolute atomic E-state index is 0.0901. The van der Waals surface area contributed by atoms with E-state index in [1.165, 1.54) is 14.4 Å². The fourth-order valence-electron chi connectivity index (χ4n) is 5.44. The molecule has 5 rings (SSSR count). The van der Waals surface area contributed by atoms with Crippen LogP contribution in [0.5, 0.6) is 0 Å². The van der Waals surface area contributed by atoms with Gasteiger partial charge in [0.25, 0.3) is 0 Å². The Morgan fingerprint density at radius 2 is 1.80 bits per heavy atom. The van der Waals surface area contributed by atoms with E-state index in [1.807, 2.05) is 32.0 Å². The summed E-state index contributed by atoms with van der Waals surface area (Å²) in [5.74, 6) is -0.260. The largest absolute Gasteiger partial charge is 0.348 e. The summed E-state index contributed by atoms with van der Waals surface area (Å²) in [6.07, 6.45) is 4.54. The topological polar surface area (TPSA) is 93.4 Å². The van der Waals surface area contributed by atoms with Gasteiger partial charge in [-0.1, -0.05) is 24.3 Å². The van der Waals surface area contributed by atoms with Crippen molar-refractivity contribution in [3.63, 3.8) is 0 Å². The molecule has 2 aliphatic rings. The van der Waals surface area contributed by atoms with Crippen LogP contribution < -0.4 is 11.0 Å². The first kappa shape index (κ1) is 23.8. The Morgan fingerprint density at radius 3 is 2.54 bits per heavy atom. The lowest BCUT2D eigenvalue weighted by atomic mass is 9.88. The fourth-order valence-corrected chi connectivity index (χ4v) is 6.97. The van der Waals surface area contributed by atoms with Crippen LogP contribution in [0.2, 0.25) is 0 Å². The number of nitrogens with zero attached hydrogens (tertiary/aromatic N) is 3. The second-order valence-electron chi connectivity index (χ2n) is 9.81. The molecule has 1 N–H and O–H groups in total. The van der Waals surface area contributed by atoms with Gasteiger partial charge in [0.2, 0.25) is 15.9 Å². The number of aryl methyl sites for hydroxylation is 1. The number of hydrogen-bond acceptors (Lipinski definition) is 4. The Labute approximate surface area is 205 Å². The second-order valence-corrected chi connectivity index (χ2v) is 11.7. The first-order chi connectivity index (χ1) is 16.8. The van der Waals surface area contributed by atoms with Gasteiger partial charge < -0.3 is 5.32 Å². The molecule has 2 heterocycles. The van der Waals surface area contributed by atoms with E-state index in [0.717, 1.165) is 37.7 Å². The molecule has 186 valence electrons. The van der Waals surface area contributed by atoms with Gasteiger partial charge in [-0.2, -0.15) is 4.31 Å². The molecule has 1 fully saturated rings. The minimum Gasteiger partial charge on any atom is -0.348 e. The van der Waals surface area contributed by atoms with Crippen LogP contribution in [0, 0.1) is 0 Å². The minimum atomic E-state index is -3.65. The highest BCUT2D eigenvalue weighted by molar-refractivity contribution is 7.89. The maximum absolute atomic E-state index is 13.4. The summed E-state index contributed by atoms with van der Waals surface area (Å²) < 4.78 is 30.8. The Balaban J connectivity index is 1.50. The molecule has 1 atom stereocenters. The molecule has 1 amide bonds. The summed E-state index contributed by atoms with van der Waals surface area (Å²) in [6.45, 7) is 4.65. The van der Waals surface area contributed by atoms with Crippen molar-refractivity contribution in [3.8, 4) is 0 Å². The molecule has 9 heteroatoms. The molecule has 0 radical (unpaired) electrons. The van der Waals surface area contributed by atoms with Gasteiger partial charge in [-0.3, -0.25) is 13.9 Å². The normalized spacial score (nSPS) is 18.8. The number of benzene rings is 2. The van der Waals surface area contributed by atoms with Gasteiger partial charge in [-0.25, -0.2) is 13.2 Å². The first-order valence-corrected chi connectivity index (χ1v) is 13.8. The summed E-state index contributed by atoms with van der Waals surface area (Å²) in [6, 6.07) is 12.7. The predicted octanol–water partition coefficient (Wildman–Crippen LogP) is 3.36. The van der Waals surface area contributed by atoms with Crippen LogP contribution in [0.3, 0.4) is 0 Å². The van der Waals surface area contributed by atoms with Gasteiger partial charge in [-0.05, 0) is 75.3 Å². The predicted molar refractivity (Wildman–Crippen MR) is 135 cm³/mol. The SMILES string of the molecule is CC(C)n1c(=O)n(CC(=O)N[C@@H]2CCCc3ccccc32)c2cc(S(=O)(=O)N3CCCC3)ccc21. The lowest BCUT2D eigenvalue weighted by molar-refractivity contribution is -0.122. The van der Waals surface area contributed by atoms with Crippen LogP contribution in [-0.4, -0.2) is 40.9 Å². The Hall–Kier alpha value is -2.91. The van der Waals surface area contributed by atoms with E-state index in [0.29, 0.717) is 24.1 Å². The van der Waals surface area contributed by atoms with Crippen molar-refractivity contribution >= 4 is 27.0 Å². The standard InChI is InChI=1S/C26H32N4O4S/c1-18(2)30-23-13-12-20(35(33,34)28-14-5-6-15-28)16-24(23)29(26(30)32)17-25(31)27-22-11-7-9-19-8-3-4-10-21(19)22/h3-4,8,10,12-13,16,18,22H,5-7,9,11,14-15,17H2,1-2H3,(H,27,31)/t22-/m1/s1. The van der Waals surface area contributed by atoms with Crippen LogP contribution in [0.4, 0.5) is 0 Å². The molecule has 1 aliphatic carbocycles. The highest BCUT2D eigenvalue weighted by Crippen LogP contribution is 2.30. The summed E-state index contributed by atoms with van der Waals surface area (Å²) in [4.78, 5) is 26.7. The van der Waals surface area contributed by atoms with Gasteiger partial charge in [0.05, 0.1) is 22.0 Å². The number of sulfonamides is 1. The highest BCUT2D eigenvalue weighted by atomic mass is 32.2. The van der Waals surface area contributed by atoms with E-state index in [9.17, 15) is 18.0 Å². The van der Waals surface area contributed by atoms with Gasteiger partial charge in [0.15, 0.2) is 0 Å². The molecular formula is C26H32N4O4S. The number of nitrogens with one attached hydrogen (secondary N) is 1. The zero-order chi connectivity index (χ0) is 24.7. The van der Waals surface area contributed by atoms with Crippen molar-refractivity contribution in [2.75, 3.05) is 13.1 Å². The lowest BCUT2D eigenvalue weighted by Crippen LogP contribution is -2.36. The number of aromatic nitrogens is 2. The van der Waals surface area contributed by atoms with Crippen LogP contribution in [-0.2, 0) is 27.8 Å². The summed E-state index contributed by atoms with van der Waals surface area (Å²) in [5, 5.41) is 3.11. The second kappa shape index (κ2) is 9.28. The van der Waals surface area contributed by atoms with E-state index in [1.54, 1.807) is 22.8 Å². The smallest absolute Gasteiger partial charge is 0.329 e. The van der Waals surface area contributed by atoms with Crippen molar-refractivity contribution in [2.24, 2.45) is 0 Å². The van der Waals surface area contributed by atoms with E-state index in [4.69, 9.17) is 0 Å². The molecular weight excluding hydrogens is 464 g/mol. The zero-order valence-corrected chi connectivity index (χ0v) is 21.1. The molecule has 0 bridgehead atoms. The van der Waals surface area contributed by atoms with Gasteiger partial charge >= 0.3 is 5.69 Å². The van der Waals surface area contributed by atoms with Crippen molar-refractivity contribution in [3.05, 3.63) is 64.1 Å². The number of imidazole rings is 1. The summed E-state index contributed by atoms with van der Waals surface area (Å²) in [7, 11) is -3.65. The Bertz CT molecular complexity index is 1430. The molecule has 35 heavy (non-hydrogen) atoms. The number of fused-ring (bicyclic) bond motifs is 2. The number of carbonyl (C=O) groups is 1. The Morgan fingerprint density at radius 1 is 1.06 bits per heavy atom. The lowest BCUT2D eigenvalue weighted by Gasteiger charge is -2.26. The number of hydrogen-bond donors (Lipinski definition) is 1. The molecule has 1 saturated heterocycles. The van der Waals surface area contributed by atoms with Crippen LogP contribution in [0.15, 0.2) is 52.2 Å². The van der Waals surface area contributed by atoms with Crippen LogP contribution >= 0.6 is 0 Å². The third-order valence-corrected chi connectivity index (χ3v) is 9.05. The van der Waals surface area contributed by atoms with E-state index in [2.05, 4.69) is 11.4 Å². The van der Waals surface area contributed by atoms with Crippen LogP contribution in [0.25, 0.3) is 11.0 Å². The van der Waals surface area contributed by atoms with E-state index in [-0.39, 0.29) is 35.1 Å². The average molecular weight is 497 g/mol. The number of amides is 1. The van der Waals surface area contributed by atoms with Gasteiger partial charge in [0.1, 0.15) is 6.54 Å². The van der Waals surface area contributed by atoms with Crippen molar-refractivity contribution in [1.29, 1.82) is 0 Å². The summed E-state index contributed by atoms with van der Waals surface area (Å²) in [5.41, 5.74) is 3.15. The number of rotatable bonds is 6. The van der Waals surface area contributed by atoms with Crippen molar-refractivity contribution in [2.45, 2.75) is 69.5 Å². The monoisotopic (exact) mass is 496 g/mol. The molecule has 1 aromatic heterocycles. The molecule has 2 aromatic carbocycles. The highest BCUT2D eigenvalue weighted by Gasteiger charge is 2.29. The Kier molecular flexibility index (Phi) is 6.31. The van der Waals surface area contributed by atoms with Gasteiger partial charge in [-0.15, -0.1) is 0 Å². The van der Waals surface area contributed by atoms with E-state index >= 15 is 0 Å². The van der Waals surface area contributed by atoms with Gasteiger partial charge in [0, 0.05) is 19.1 Å². The maximum atomic E-state index is 13.4. The molecule has 0 spiro atoms. The molecule has 0 saturated carbocycles. The quantitative estimate of drug-likeness (QED) is 0.566. The third-order valence-electron chi connectivity index (χ3n) is 7.16. The first-order valence-electron chi connectivity index (χ1n) is 12.4. The molecule has 1 aliphatic heterocycles. The van der Waals surface area contributed by atoms with Crippen LogP contribution in [0.1, 0.15) is 62.7 Å². The maximum Gasteiger partial charge on any atom is 0.329 e. The third kappa shape index (κ3) is 4.31. The van der Waals surface area contributed by atoms with E-state index < -0.39 is 10.0 Å². The number of carbonyl (C=O) groups excluding carboxylic acids is 1.